The van der Waals surface area contributed by atoms with Gasteiger partial charge in [0.05, 0.1) is 0 Å². The molecule has 0 atom stereocenters. The van der Waals surface area contributed by atoms with Gasteiger partial charge in [0, 0.05) is 12.2 Å². The lowest BCUT2D eigenvalue weighted by Crippen LogP contribution is -2.21. The molecule has 1 aromatic carbocycles. The van der Waals surface area contributed by atoms with Crippen LogP contribution in [0.2, 0.25) is 0 Å². The molecular formula is C13H20N2. The van der Waals surface area contributed by atoms with E-state index < -0.39 is 0 Å². The number of rotatable bonds is 5. The maximum Gasteiger partial charge on any atom is 0.0359 e. The van der Waals surface area contributed by atoms with E-state index in [9.17, 15) is 0 Å². The molecule has 2 nitrogen and oxygen atoms in total. The summed E-state index contributed by atoms with van der Waals surface area (Å²) < 4.78 is 0. The van der Waals surface area contributed by atoms with Crippen molar-refractivity contribution in [1.29, 1.82) is 0 Å². The first kappa shape index (κ1) is 10.5. The highest BCUT2D eigenvalue weighted by Crippen LogP contribution is 2.28. The summed E-state index contributed by atoms with van der Waals surface area (Å²) in [6, 6.07) is 8.07. The molecule has 0 unspecified atom stereocenters. The van der Waals surface area contributed by atoms with Crippen molar-refractivity contribution >= 4 is 5.69 Å². The van der Waals surface area contributed by atoms with Crippen molar-refractivity contribution in [2.45, 2.75) is 32.2 Å². The molecule has 0 amide bonds. The van der Waals surface area contributed by atoms with Crippen molar-refractivity contribution in [2.24, 2.45) is 5.92 Å². The Bertz CT molecular complexity index is 305. The average molecular weight is 204 g/mol. The van der Waals surface area contributed by atoms with E-state index in [-0.39, 0.29) is 0 Å². The van der Waals surface area contributed by atoms with E-state index in [1.54, 1.807) is 0 Å². The fourth-order valence-electron chi connectivity index (χ4n) is 2.01. The Balaban J connectivity index is 1.66. The van der Waals surface area contributed by atoms with Crippen LogP contribution in [-0.2, 0) is 6.54 Å². The van der Waals surface area contributed by atoms with Gasteiger partial charge in [-0.2, -0.15) is 0 Å². The normalized spacial score (nSPS) is 16.3. The Hall–Kier alpha value is -1.02. The zero-order chi connectivity index (χ0) is 10.5. The Kier molecular flexibility index (Phi) is 3.62. The molecule has 1 aliphatic rings. The zero-order valence-corrected chi connectivity index (χ0v) is 9.21. The van der Waals surface area contributed by atoms with Crippen LogP contribution in [0.1, 0.15) is 31.2 Å². The number of nitrogens with two attached hydrogens (primary N) is 1. The van der Waals surface area contributed by atoms with Crippen LogP contribution in [0.15, 0.2) is 24.3 Å². The van der Waals surface area contributed by atoms with Crippen LogP contribution >= 0.6 is 0 Å². The van der Waals surface area contributed by atoms with Gasteiger partial charge in [0.15, 0.2) is 0 Å². The lowest BCUT2D eigenvalue weighted by atomic mass is 9.83. The van der Waals surface area contributed by atoms with Gasteiger partial charge in [-0.15, -0.1) is 0 Å². The molecule has 82 valence electrons. The standard InChI is InChI=1S/C13H20N2/c14-13-7-2-1-6-12(13)10-15-9-8-11-4-3-5-11/h1-2,6-7,11,15H,3-5,8-10,14H2. The highest BCUT2D eigenvalue weighted by molar-refractivity contribution is 5.46. The van der Waals surface area contributed by atoms with Crippen LogP contribution in [0.5, 0.6) is 0 Å². The van der Waals surface area contributed by atoms with Crippen molar-refractivity contribution in [3.8, 4) is 0 Å². The van der Waals surface area contributed by atoms with Crippen LogP contribution < -0.4 is 11.1 Å². The van der Waals surface area contributed by atoms with Crippen molar-refractivity contribution in [3.05, 3.63) is 29.8 Å². The SMILES string of the molecule is Nc1ccccc1CNCCC1CCC1. The maximum absolute atomic E-state index is 5.86. The Morgan fingerprint density at radius 1 is 1.27 bits per heavy atom. The molecule has 1 aromatic rings. The molecule has 15 heavy (non-hydrogen) atoms. The van der Waals surface area contributed by atoms with E-state index in [0.717, 1.165) is 24.7 Å². The molecule has 1 fully saturated rings. The summed E-state index contributed by atoms with van der Waals surface area (Å²) in [4.78, 5) is 0. The van der Waals surface area contributed by atoms with E-state index >= 15 is 0 Å². The number of hydrogen-bond acceptors (Lipinski definition) is 2. The number of nitrogen functional groups attached to an aromatic ring is 1. The van der Waals surface area contributed by atoms with Gasteiger partial charge in [0.1, 0.15) is 0 Å². The van der Waals surface area contributed by atoms with Crippen LogP contribution in [-0.4, -0.2) is 6.54 Å². The second-order valence-electron chi connectivity index (χ2n) is 4.46. The van der Waals surface area contributed by atoms with Gasteiger partial charge in [0.25, 0.3) is 0 Å². The molecule has 2 rings (SSSR count). The Morgan fingerprint density at radius 3 is 2.73 bits per heavy atom. The van der Waals surface area contributed by atoms with Crippen LogP contribution in [0.4, 0.5) is 5.69 Å². The predicted octanol–water partition coefficient (Wildman–Crippen LogP) is 2.55. The minimum atomic E-state index is 0.897. The molecule has 0 saturated heterocycles. The second-order valence-corrected chi connectivity index (χ2v) is 4.46. The molecule has 1 aliphatic carbocycles. The smallest absolute Gasteiger partial charge is 0.0359 e. The number of hydrogen-bond donors (Lipinski definition) is 2. The monoisotopic (exact) mass is 204 g/mol. The molecule has 2 heteroatoms. The van der Waals surface area contributed by atoms with Gasteiger partial charge < -0.3 is 11.1 Å². The minimum Gasteiger partial charge on any atom is -0.398 e. The summed E-state index contributed by atoms with van der Waals surface area (Å²) in [6.07, 6.45) is 5.65. The van der Waals surface area contributed by atoms with Crippen LogP contribution in [0, 0.1) is 5.92 Å². The highest BCUT2D eigenvalue weighted by Gasteiger charge is 2.16. The number of para-hydroxylation sites is 1. The maximum atomic E-state index is 5.86. The highest BCUT2D eigenvalue weighted by atomic mass is 14.9. The summed E-state index contributed by atoms with van der Waals surface area (Å²) in [5, 5.41) is 3.46. The van der Waals surface area contributed by atoms with Gasteiger partial charge in [-0.05, 0) is 30.5 Å². The van der Waals surface area contributed by atoms with E-state index in [1.165, 1.54) is 31.2 Å². The third kappa shape index (κ3) is 2.96. The summed E-state index contributed by atoms with van der Waals surface area (Å²) >= 11 is 0. The first-order valence-corrected chi connectivity index (χ1v) is 5.90. The van der Waals surface area contributed by atoms with Gasteiger partial charge >= 0.3 is 0 Å². The molecule has 0 spiro atoms. The van der Waals surface area contributed by atoms with Crippen LogP contribution in [0.3, 0.4) is 0 Å². The molecule has 0 aromatic heterocycles. The summed E-state index contributed by atoms with van der Waals surface area (Å²) in [6.45, 7) is 2.03. The third-order valence-corrected chi connectivity index (χ3v) is 3.32. The molecule has 0 aliphatic heterocycles. The average Bonchev–Trinajstić information content (AvgIpc) is 2.17. The van der Waals surface area contributed by atoms with Crippen molar-refractivity contribution in [3.63, 3.8) is 0 Å². The first-order valence-electron chi connectivity index (χ1n) is 5.90. The largest absolute Gasteiger partial charge is 0.398 e. The molecular weight excluding hydrogens is 184 g/mol. The topological polar surface area (TPSA) is 38.0 Å². The summed E-state index contributed by atoms with van der Waals surface area (Å²) in [5.74, 6) is 0.991. The number of nitrogens with one attached hydrogen (secondary N) is 1. The first-order chi connectivity index (χ1) is 7.36. The Morgan fingerprint density at radius 2 is 2.07 bits per heavy atom. The van der Waals surface area contributed by atoms with Gasteiger partial charge in [0.2, 0.25) is 0 Å². The number of anilines is 1. The van der Waals surface area contributed by atoms with Gasteiger partial charge in [-0.25, -0.2) is 0 Å². The quantitative estimate of drug-likeness (QED) is 0.571. The van der Waals surface area contributed by atoms with E-state index in [0.29, 0.717) is 0 Å². The van der Waals surface area contributed by atoms with E-state index in [1.807, 2.05) is 18.2 Å². The van der Waals surface area contributed by atoms with Crippen molar-refractivity contribution in [2.75, 3.05) is 12.3 Å². The lowest BCUT2D eigenvalue weighted by Gasteiger charge is -2.25. The van der Waals surface area contributed by atoms with E-state index in [2.05, 4.69) is 11.4 Å². The Labute approximate surface area is 91.9 Å². The van der Waals surface area contributed by atoms with Gasteiger partial charge in [-0.1, -0.05) is 37.5 Å². The predicted molar refractivity (Wildman–Crippen MR) is 64.5 cm³/mol. The molecule has 0 radical (unpaired) electrons. The van der Waals surface area contributed by atoms with Gasteiger partial charge in [-0.3, -0.25) is 0 Å². The second kappa shape index (κ2) is 5.17. The van der Waals surface area contributed by atoms with E-state index in [4.69, 9.17) is 5.73 Å². The zero-order valence-electron chi connectivity index (χ0n) is 9.21. The van der Waals surface area contributed by atoms with Crippen LogP contribution in [0.25, 0.3) is 0 Å². The number of benzene rings is 1. The molecule has 1 saturated carbocycles. The van der Waals surface area contributed by atoms with Crippen molar-refractivity contribution in [1.82, 2.24) is 5.32 Å². The molecule has 0 heterocycles. The van der Waals surface area contributed by atoms with Crippen molar-refractivity contribution < 1.29 is 0 Å². The third-order valence-electron chi connectivity index (χ3n) is 3.32. The summed E-state index contributed by atoms with van der Waals surface area (Å²) in [5.41, 5.74) is 7.97. The lowest BCUT2D eigenvalue weighted by molar-refractivity contribution is 0.292. The summed E-state index contributed by atoms with van der Waals surface area (Å²) in [7, 11) is 0. The molecule has 3 N–H and O–H groups in total. The fraction of sp³-hybridized carbons (Fsp3) is 0.538. The minimum absolute atomic E-state index is 0.897. The molecule has 0 bridgehead atoms. The fourth-order valence-corrected chi connectivity index (χ4v) is 2.01.